The Kier molecular flexibility index (Phi) is 4.68. The van der Waals surface area contributed by atoms with E-state index in [2.05, 4.69) is 0 Å². The van der Waals surface area contributed by atoms with Crippen LogP contribution in [0.3, 0.4) is 0 Å². The average Bonchev–Trinajstić information content (AvgIpc) is 2.61. The van der Waals surface area contributed by atoms with Gasteiger partial charge in [-0.05, 0) is 5.56 Å². The van der Waals surface area contributed by atoms with Crippen molar-refractivity contribution in [3.05, 3.63) is 47.0 Å². The van der Waals surface area contributed by atoms with Crippen molar-refractivity contribution in [1.82, 2.24) is 0 Å². The van der Waals surface area contributed by atoms with Crippen molar-refractivity contribution in [2.75, 3.05) is 0 Å². The first-order chi connectivity index (χ1) is 13.0. The fraction of sp³-hybridized carbons (Fsp3) is 0.333. The first-order valence-electron chi connectivity index (χ1n) is 7.98. The molecule has 3 aliphatic rings. The minimum atomic E-state index is -2.63. The van der Waals surface area contributed by atoms with Crippen LogP contribution >= 0.6 is 23.2 Å². The summed E-state index contributed by atoms with van der Waals surface area (Å²) in [7, 11) is 0. The highest BCUT2D eigenvalue weighted by atomic mass is 35.5. The van der Waals surface area contributed by atoms with Crippen LogP contribution in [0, 0.1) is 23.7 Å². The molecule has 6 atom stereocenters. The Labute approximate surface area is 168 Å². The lowest BCUT2D eigenvalue weighted by Gasteiger charge is -2.65. The molecule has 0 amide bonds. The molecule has 2 bridgehead atoms. The molecule has 0 heterocycles. The number of carbonyl (C=O) groups excluding carboxylic acids is 4. The summed E-state index contributed by atoms with van der Waals surface area (Å²) in [5.74, 6) is -16.6. The monoisotopic (exact) mass is 424 g/mol. The normalized spacial score (nSPS) is 36.4. The summed E-state index contributed by atoms with van der Waals surface area (Å²) >= 11 is 12.4. The number of rotatable bonds is 5. The van der Waals surface area contributed by atoms with Crippen molar-refractivity contribution >= 4 is 47.1 Å². The van der Waals surface area contributed by atoms with Gasteiger partial charge in [0, 0.05) is 58.0 Å². The number of carboxylic acids is 4. The zero-order chi connectivity index (χ0) is 21.0. The molecule has 28 heavy (non-hydrogen) atoms. The lowest BCUT2D eigenvalue weighted by molar-refractivity contribution is -0.348. The molecule has 1 aromatic carbocycles. The van der Waals surface area contributed by atoms with Crippen molar-refractivity contribution in [1.29, 1.82) is 0 Å². The number of halogens is 2. The van der Waals surface area contributed by atoms with E-state index in [9.17, 15) is 39.6 Å². The fourth-order valence-corrected chi connectivity index (χ4v) is 5.57. The van der Waals surface area contributed by atoms with E-state index < -0.39 is 62.9 Å². The molecule has 4 rings (SSSR count). The van der Waals surface area contributed by atoms with Crippen LogP contribution in [0.4, 0.5) is 0 Å². The Hall–Kier alpha value is -2.58. The molecular weight excluding hydrogens is 415 g/mol. The predicted molar refractivity (Wildman–Crippen MR) is 84.6 cm³/mol. The summed E-state index contributed by atoms with van der Waals surface area (Å²) < 4.78 is 0. The van der Waals surface area contributed by atoms with E-state index in [1.807, 2.05) is 0 Å². The molecule has 1 saturated carbocycles. The average molecular weight is 425 g/mol. The van der Waals surface area contributed by atoms with Crippen LogP contribution in [0.15, 0.2) is 41.4 Å². The number of carboxylic acid groups (broad SMARTS) is 4. The Morgan fingerprint density at radius 1 is 0.750 bits per heavy atom. The van der Waals surface area contributed by atoms with Gasteiger partial charge in [-0.25, -0.2) is 0 Å². The van der Waals surface area contributed by atoms with Gasteiger partial charge >= 0.3 is 0 Å². The van der Waals surface area contributed by atoms with Crippen LogP contribution in [0.2, 0.25) is 0 Å². The van der Waals surface area contributed by atoms with Crippen LogP contribution in [0.25, 0.3) is 0 Å². The van der Waals surface area contributed by atoms with Crippen molar-refractivity contribution < 1.29 is 39.6 Å². The van der Waals surface area contributed by atoms with Crippen molar-refractivity contribution in [3.8, 4) is 0 Å². The van der Waals surface area contributed by atoms with Gasteiger partial charge in [0.1, 0.15) is 0 Å². The van der Waals surface area contributed by atoms with E-state index in [-0.39, 0.29) is 5.56 Å². The summed E-state index contributed by atoms with van der Waals surface area (Å²) in [4.78, 5) is 45.2. The van der Waals surface area contributed by atoms with Gasteiger partial charge in [0.05, 0.1) is 4.87 Å². The van der Waals surface area contributed by atoms with Gasteiger partial charge in [0.15, 0.2) is 0 Å². The summed E-state index contributed by atoms with van der Waals surface area (Å²) in [6.07, 6.45) is 0.969. The van der Waals surface area contributed by atoms with Gasteiger partial charge < -0.3 is 39.6 Å². The second-order valence-electron chi connectivity index (χ2n) is 6.75. The van der Waals surface area contributed by atoms with Crippen LogP contribution in [0.1, 0.15) is 5.56 Å². The standard InChI is InChI=1S/C18H14Cl2O8/c19-8-6-17(7-4-2-1-3-5-7)9(13(21)22)11(15(25)26)18(8,20)12(16(27)28)10(17)14(23)24/h1-6,9-12H,(H,21,22)(H,23,24)(H,25,26)(H,27,28)/p-4/t9-,10+,11-,12-,17?,18?/m0/s1. The molecule has 0 aliphatic heterocycles. The number of allylic oxidation sites excluding steroid dienone is 2. The number of alkyl halides is 1. The molecule has 0 spiro atoms. The molecule has 0 aromatic heterocycles. The fourth-order valence-electron chi connectivity index (χ4n) is 4.67. The van der Waals surface area contributed by atoms with E-state index in [4.69, 9.17) is 23.2 Å². The van der Waals surface area contributed by atoms with E-state index in [1.54, 1.807) is 0 Å². The molecule has 0 saturated heterocycles. The van der Waals surface area contributed by atoms with Crippen molar-refractivity contribution in [2.45, 2.75) is 10.3 Å². The van der Waals surface area contributed by atoms with Crippen molar-refractivity contribution in [2.24, 2.45) is 23.7 Å². The van der Waals surface area contributed by atoms with Crippen LogP contribution in [0.5, 0.6) is 0 Å². The molecule has 1 aromatic rings. The molecule has 0 radical (unpaired) electrons. The maximum absolute atomic E-state index is 12.0. The molecule has 1 fully saturated rings. The lowest BCUT2D eigenvalue weighted by atomic mass is 9.43. The third-order valence-corrected chi connectivity index (χ3v) is 6.81. The van der Waals surface area contributed by atoms with Gasteiger partial charge in [0.2, 0.25) is 0 Å². The third-order valence-electron chi connectivity index (χ3n) is 5.62. The Bertz CT molecular complexity index is 869. The third kappa shape index (κ3) is 2.37. The summed E-state index contributed by atoms with van der Waals surface area (Å²) in [5.41, 5.74) is -2.24. The molecule has 8 nitrogen and oxygen atoms in total. The smallest absolute Gasteiger partial charge is 0.0971 e. The summed E-state index contributed by atoms with van der Waals surface area (Å²) in [6.45, 7) is 0. The molecular formula is C18H10Cl2O8-4. The van der Waals surface area contributed by atoms with E-state index in [1.165, 1.54) is 30.3 Å². The summed E-state index contributed by atoms with van der Waals surface area (Å²) in [5, 5.41) is 47.3. The Balaban J connectivity index is 2.52. The highest BCUT2D eigenvalue weighted by Gasteiger charge is 2.70. The Morgan fingerprint density at radius 2 is 1.14 bits per heavy atom. The number of fused-ring (bicyclic) bond motifs is 2. The molecule has 0 N–H and O–H groups in total. The molecule has 3 aliphatic carbocycles. The van der Waals surface area contributed by atoms with Crippen LogP contribution < -0.4 is 20.4 Å². The zero-order valence-electron chi connectivity index (χ0n) is 13.8. The minimum Gasteiger partial charge on any atom is -0.550 e. The number of aliphatic carboxylic acids is 4. The SMILES string of the molecule is O=C([O-])[C@@H]1[C@@H](C(=O)[O-])C2(c3ccccc3)C=C(Cl)C1(Cl)[C@H](C(=O)[O-])[C@@H]2C(=O)[O-]. The van der Waals surface area contributed by atoms with Crippen molar-refractivity contribution in [3.63, 3.8) is 0 Å². The second kappa shape index (κ2) is 6.49. The Morgan fingerprint density at radius 3 is 1.50 bits per heavy atom. The van der Waals surface area contributed by atoms with E-state index in [0.717, 1.165) is 6.08 Å². The van der Waals surface area contributed by atoms with Gasteiger partial charge in [-0.2, -0.15) is 0 Å². The highest BCUT2D eigenvalue weighted by Crippen LogP contribution is 2.66. The first-order valence-corrected chi connectivity index (χ1v) is 8.73. The number of hydrogen-bond acceptors (Lipinski definition) is 8. The van der Waals surface area contributed by atoms with E-state index >= 15 is 0 Å². The van der Waals surface area contributed by atoms with Crippen LogP contribution in [-0.2, 0) is 24.6 Å². The quantitative estimate of drug-likeness (QED) is 0.440. The predicted octanol–water partition coefficient (Wildman–Crippen LogP) is -3.48. The van der Waals surface area contributed by atoms with Gasteiger partial charge in [-0.15, -0.1) is 11.6 Å². The minimum absolute atomic E-state index is 0.00698. The topological polar surface area (TPSA) is 161 Å². The van der Waals surface area contributed by atoms with E-state index in [0.29, 0.717) is 0 Å². The second-order valence-corrected chi connectivity index (χ2v) is 7.78. The number of benzene rings is 1. The molecule has 2 unspecified atom stereocenters. The largest absolute Gasteiger partial charge is 0.550 e. The number of carbonyl (C=O) groups is 4. The van der Waals surface area contributed by atoms with Gasteiger partial charge in [0.25, 0.3) is 0 Å². The molecule has 148 valence electrons. The zero-order valence-corrected chi connectivity index (χ0v) is 15.3. The lowest BCUT2D eigenvalue weighted by Crippen LogP contribution is -2.76. The van der Waals surface area contributed by atoms with Gasteiger partial charge in [-0.1, -0.05) is 48.0 Å². The van der Waals surface area contributed by atoms with Crippen LogP contribution in [-0.4, -0.2) is 28.8 Å². The number of hydrogen-bond donors (Lipinski definition) is 0. The molecule has 10 heteroatoms. The maximum Gasteiger partial charge on any atom is 0.0971 e. The first kappa shape index (κ1) is 20.2. The van der Waals surface area contributed by atoms with Gasteiger partial charge in [-0.3, -0.25) is 0 Å². The highest BCUT2D eigenvalue weighted by molar-refractivity contribution is 6.42. The summed E-state index contributed by atoms with van der Waals surface area (Å²) in [6, 6.07) is 7.04. The maximum atomic E-state index is 12.0.